The van der Waals surface area contributed by atoms with Crippen molar-refractivity contribution in [2.45, 2.75) is 208 Å². The van der Waals surface area contributed by atoms with Gasteiger partial charge in [-0.05, 0) is 138 Å². The van der Waals surface area contributed by atoms with Crippen LogP contribution in [-0.2, 0) is 35.2 Å². The van der Waals surface area contributed by atoms with E-state index >= 15 is 0 Å². The molecule has 13 N–H and O–H groups in total. The fourth-order valence-corrected chi connectivity index (χ4v) is 13.9. The summed E-state index contributed by atoms with van der Waals surface area (Å²) < 4.78 is 126. The number of carbonyl (C=O) groups is 1. The molecule has 12 aromatic rings. The summed E-state index contributed by atoms with van der Waals surface area (Å²) in [5.41, 5.74) is 3.68. The Morgan fingerprint density at radius 3 is 1.11 bits per heavy atom. The molecule has 0 bridgehead atoms. The highest BCUT2D eigenvalue weighted by Crippen LogP contribution is 2.34. The number of likely N-dealkylation sites (tertiary alicyclic amines) is 1. The number of ether oxygens (including phenoxy) is 3. The summed E-state index contributed by atoms with van der Waals surface area (Å²) in [5, 5.41) is 56.9. The number of hydrogen-bond donors (Lipinski definition) is 13. The van der Waals surface area contributed by atoms with E-state index in [-0.39, 0.29) is 42.1 Å². The van der Waals surface area contributed by atoms with Gasteiger partial charge in [0.05, 0.1) is 42.1 Å². The Morgan fingerprint density at radius 2 is 0.773 bits per heavy atom. The summed E-state index contributed by atoms with van der Waals surface area (Å²) in [4.78, 5) is 66.6. The fourth-order valence-electron chi connectivity index (χ4n) is 13.9. The lowest BCUT2D eigenvalue weighted by Crippen LogP contribution is -2.41. The number of amides is 1. The van der Waals surface area contributed by atoms with Gasteiger partial charge in [0.25, 0.3) is 0 Å². The van der Waals surface area contributed by atoms with Crippen LogP contribution in [0.2, 0.25) is 0 Å². The Labute approximate surface area is 734 Å². The highest BCUT2D eigenvalue weighted by atomic mass is 19.2. The maximum Gasteiger partial charge on any atom is 0.410 e. The molecule has 1 amide bonds. The second-order valence-corrected chi connectivity index (χ2v) is 31.8. The second-order valence-electron chi connectivity index (χ2n) is 31.8. The molecular weight excluding hydrogens is 1670 g/mol. The minimum Gasteiger partial charge on any atom is -0.474 e. The molecule has 3 aliphatic rings. The van der Waals surface area contributed by atoms with Crippen LogP contribution in [0.1, 0.15) is 233 Å². The van der Waals surface area contributed by atoms with E-state index in [0.717, 1.165) is 99.6 Å². The van der Waals surface area contributed by atoms with Gasteiger partial charge in [-0.1, -0.05) is 52.0 Å². The van der Waals surface area contributed by atoms with Crippen molar-refractivity contribution in [1.82, 2.24) is 111 Å². The topological polar surface area (TPSA) is 426 Å². The normalized spacial score (nSPS) is 15.1. The van der Waals surface area contributed by atoms with Crippen LogP contribution in [-0.4, -0.2) is 156 Å². The molecule has 5 atom stereocenters. The molecule has 11 heterocycles. The predicted octanol–water partition coefficient (Wildman–Crippen LogP) is 17.6. The molecule has 0 aliphatic carbocycles. The number of aromatic nitrogens is 20. The standard InChI is InChI=1S/C26H34F2N8O2.C21H26F2N8.C20H23F2N7O.C19H23F2N7O/c1-6-21-30-23(29-15(2)18-8-7-17(27)13-19(18)28)33-24(31-21)32-22-14-20(34-35-22)16-9-11-36(12-10-16)25(37)38-26(3,4)5;1-3-18-26-20(25-12(2)15-5-4-14(22)10-16(15)23)29-21(27-18)28-19-11-17(30-31-19)13-6-8-24-9-7-13;1-3-17-24-19(23-11(2)13-7-6-12(21)9-14(13)22)27-20(25-17)26-18-10-15(28-29-18)16-5-4-8-30-16;1-5-15-23-18(22-11(4)13-7-6-12(20)8-14(13)21)26-19(24-15)25-16-9-17(28-27-16)29-10(2)3/h7-8,13-16H,6,9-12H2,1-5H3,(H3,29,30,31,32,33,34,35);4-5,10-13,24H,3,6-9H2,1-2H3,(H3,25,26,27,28,29,30,31);6-7,9-11,16H,3-5,8H2,1-2H3,(H3,23,24,25,26,27,28,29);6-11H,5H2,1-4H3,(H3,22,23,24,25,26,27,28). The molecule has 34 nitrogen and oxygen atoms in total. The van der Waals surface area contributed by atoms with E-state index in [9.17, 15) is 39.9 Å². The fraction of sp³-hybridized carbons (Fsp3) is 0.430. The molecule has 128 heavy (non-hydrogen) atoms. The largest absolute Gasteiger partial charge is 0.474 e. The minimum absolute atomic E-state index is 0.000772. The summed E-state index contributed by atoms with van der Waals surface area (Å²) in [7, 11) is 0. The van der Waals surface area contributed by atoms with Gasteiger partial charge in [0.1, 0.15) is 81.3 Å². The molecule has 5 unspecified atom stereocenters. The third kappa shape index (κ3) is 26.8. The number of benzene rings is 4. The van der Waals surface area contributed by atoms with Crippen molar-refractivity contribution in [2.75, 3.05) is 75.3 Å². The third-order valence-corrected chi connectivity index (χ3v) is 20.4. The lowest BCUT2D eigenvalue weighted by molar-refractivity contribution is 0.0203. The number of aromatic amines is 4. The van der Waals surface area contributed by atoms with Crippen molar-refractivity contribution < 1.29 is 54.1 Å². The average molecular weight is 1780 g/mol. The van der Waals surface area contributed by atoms with E-state index in [0.29, 0.717) is 149 Å². The Hall–Kier alpha value is -13.4. The number of nitrogens with one attached hydrogen (secondary N) is 13. The van der Waals surface area contributed by atoms with E-state index in [1.54, 1.807) is 38.7 Å². The molecule has 42 heteroatoms. The van der Waals surface area contributed by atoms with Crippen LogP contribution >= 0.6 is 0 Å². The van der Waals surface area contributed by atoms with Gasteiger partial charge < -0.3 is 67.0 Å². The first-order chi connectivity index (χ1) is 61.4. The number of piperidine rings is 2. The van der Waals surface area contributed by atoms with Crippen molar-refractivity contribution in [2.24, 2.45) is 0 Å². The Morgan fingerprint density at radius 1 is 0.430 bits per heavy atom. The summed E-state index contributed by atoms with van der Waals surface area (Å²) in [6, 6.07) is 19.4. The maximum atomic E-state index is 14.2. The highest BCUT2D eigenvalue weighted by Gasteiger charge is 2.30. The first kappa shape index (κ1) is 93.7. The van der Waals surface area contributed by atoms with Gasteiger partial charge in [-0.2, -0.15) is 75.1 Å². The van der Waals surface area contributed by atoms with Crippen LogP contribution in [0.25, 0.3) is 0 Å². The molecule has 0 spiro atoms. The number of carbonyl (C=O) groups excluding carboxylic acids is 1. The molecule has 3 aliphatic heterocycles. The lowest BCUT2D eigenvalue weighted by Gasteiger charge is -2.33. The van der Waals surface area contributed by atoms with Gasteiger partial charge in [-0.15, -0.1) is 5.10 Å². The number of halogens is 8. The van der Waals surface area contributed by atoms with E-state index in [4.69, 9.17) is 14.2 Å². The monoisotopic (exact) mass is 1770 g/mol. The summed E-state index contributed by atoms with van der Waals surface area (Å²) >= 11 is 0. The quantitative estimate of drug-likeness (QED) is 0.0194. The van der Waals surface area contributed by atoms with E-state index in [1.807, 2.05) is 80.5 Å². The van der Waals surface area contributed by atoms with Crippen LogP contribution in [0.5, 0.6) is 5.88 Å². The molecular formula is C86H106F8N30O4. The van der Waals surface area contributed by atoms with Crippen molar-refractivity contribution in [3.05, 3.63) is 206 Å². The van der Waals surface area contributed by atoms with Crippen molar-refractivity contribution in [3.8, 4) is 5.88 Å². The van der Waals surface area contributed by atoms with Crippen LogP contribution in [0.4, 0.5) is 111 Å². The van der Waals surface area contributed by atoms with Gasteiger partial charge in [0.15, 0.2) is 17.5 Å². The maximum absolute atomic E-state index is 14.2. The zero-order valence-electron chi connectivity index (χ0n) is 73.2. The van der Waals surface area contributed by atoms with Gasteiger partial charge in [0, 0.05) is 139 Å². The van der Waals surface area contributed by atoms with Gasteiger partial charge in [-0.3, -0.25) is 20.4 Å². The van der Waals surface area contributed by atoms with Crippen LogP contribution in [0, 0.1) is 46.5 Å². The molecule has 15 rings (SSSR count). The molecule has 3 fully saturated rings. The molecule has 4 aromatic carbocycles. The smallest absolute Gasteiger partial charge is 0.410 e. The van der Waals surface area contributed by atoms with E-state index in [1.165, 1.54) is 48.5 Å². The second kappa shape index (κ2) is 43.7. The summed E-state index contributed by atoms with van der Waals surface area (Å²) in [6.07, 6.45) is 7.78. The third-order valence-electron chi connectivity index (χ3n) is 20.4. The average Bonchev–Trinajstić information content (AvgIpc) is 1.05. The molecule has 0 radical (unpaired) electrons. The number of anilines is 12. The predicted molar refractivity (Wildman–Crippen MR) is 466 cm³/mol. The molecule has 0 saturated carbocycles. The number of hydrogen-bond acceptors (Lipinski definition) is 29. The summed E-state index contributed by atoms with van der Waals surface area (Å²) in [5.74, 6) is 3.05. The number of rotatable bonds is 29. The number of H-pyrrole nitrogens is 4. The van der Waals surface area contributed by atoms with Crippen LogP contribution < -0.4 is 52.6 Å². The first-order valence-electron chi connectivity index (χ1n) is 42.5. The Balaban J connectivity index is 0.000000156. The zero-order valence-corrected chi connectivity index (χ0v) is 73.2. The van der Waals surface area contributed by atoms with E-state index < -0.39 is 76.3 Å². The SMILES string of the molecule is CCc1nc(Nc2cc(C3CCCO3)[nH]n2)nc(NC(C)c2ccc(F)cc2F)n1.CCc1nc(Nc2cc(C3CCN(C(=O)OC(C)(C)C)CC3)[nH]n2)nc(NC(C)c2ccc(F)cc2F)n1.CCc1nc(Nc2cc(C3CCNCC3)[nH]n2)nc(NC(C)c2ccc(F)cc2F)n1.CCc1nc(Nc2cc(OC(C)C)n[nH]2)nc(NC(C)c2ccc(F)cc2F)n1. The minimum atomic E-state index is -0.644. The first-order valence-corrected chi connectivity index (χ1v) is 42.5. The highest BCUT2D eigenvalue weighted by molar-refractivity contribution is 5.68. The van der Waals surface area contributed by atoms with E-state index in [2.05, 4.69) is 148 Å². The lowest BCUT2D eigenvalue weighted by atomic mass is 9.94. The van der Waals surface area contributed by atoms with Crippen LogP contribution in [0.3, 0.4) is 0 Å². The van der Waals surface area contributed by atoms with Gasteiger partial charge in [-0.25, -0.2) is 39.9 Å². The summed E-state index contributed by atoms with van der Waals surface area (Å²) in [6.45, 7) is 28.1. The van der Waals surface area contributed by atoms with Gasteiger partial charge in [0.2, 0.25) is 53.5 Å². The van der Waals surface area contributed by atoms with Crippen molar-refractivity contribution >= 4 is 77.0 Å². The molecule has 3 saturated heterocycles. The molecule has 680 valence electrons. The Kier molecular flexibility index (Phi) is 32.0. The Bertz CT molecular complexity index is 5660. The zero-order chi connectivity index (χ0) is 91.3. The van der Waals surface area contributed by atoms with Crippen molar-refractivity contribution in [1.29, 1.82) is 0 Å². The van der Waals surface area contributed by atoms with Crippen LogP contribution in [0.15, 0.2) is 97.1 Å². The van der Waals surface area contributed by atoms with Gasteiger partial charge >= 0.3 is 6.09 Å². The molecule has 8 aromatic heterocycles. The number of nitrogens with zero attached hydrogens (tertiary/aromatic N) is 17. The number of aryl methyl sites for hydroxylation is 4. The van der Waals surface area contributed by atoms with Crippen molar-refractivity contribution in [3.63, 3.8) is 0 Å².